The SMILES string of the molecule is C=C1CCC[C@]2(C)C[C@H]3OC(=O)[C@H](CN(C)Cc4ccccc4)[C@@H]3C[C@@H]12. The second kappa shape index (κ2) is 6.84. The summed E-state index contributed by atoms with van der Waals surface area (Å²) in [7, 11) is 2.11. The van der Waals surface area contributed by atoms with Crippen molar-refractivity contribution in [2.75, 3.05) is 13.6 Å². The second-order valence-corrected chi connectivity index (χ2v) is 9.09. The average Bonchev–Trinajstić information content (AvgIpc) is 2.88. The van der Waals surface area contributed by atoms with Crippen LogP contribution in [0.25, 0.3) is 0 Å². The predicted molar refractivity (Wildman–Crippen MR) is 103 cm³/mol. The van der Waals surface area contributed by atoms with Gasteiger partial charge in [0, 0.05) is 19.0 Å². The van der Waals surface area contributed by atoms with E-state index in [1.54, 1.807) is 0 Å². The summed E-state index contributed by atoms with van der Waals surface area (Å²) in [5.74, 6) is 0.948. The lowest BCUT2D eigenvalue weighted by Crippen LogP contribution is -2.45. The van der Waals surface area contributed by atoms with E-state index in [-0.39, 0.29) is 23.4 Å². The Labute approximate surface area is 157 Å². The van der Waals surface area contributed by atoms with E-state index in [9.17, 15) is 4.79 Å². The molecule has 3 fully saturated rings. The number of esters is 1. The van der Waals surface area contributed by atoms with Crippen LogP contribution in [0.15, 0.2) is 42.5 Å². The standard InChI is InChI=1S/C23H31NO2/c1-16-8-7-11-23(2)13-21-18(12-20(16)23)19(22(25)26-21)15-24(3)14-17-9-5-4-6-10-17/h4-6,9-10,18-21H,1,7-8,11-15H2,2-3H3/t18-,19+,20-,21+,23+/m0/s1. The Morgan fingerprint density at radius 1 is 1.31 bits per heavy atom. The molecular formula is C23H31NO2. The molecule has 2 aliphatic carbocycles. The molecule has 0 N–H and O–H groups in total. The van der Waals surface area contributed by atoms with Gasteiger partial charge in [-0.05, 0) is 56.0 Å². The van der Waals surface area contributed by atoms with Gasteiger partial charge in [-0.15, -0.1) is 0 Å². The van der Waals surface area contributed by atoms with Crippen LogP contribution in [0.3, 0.4) is 0 Å². The number of carbonyl (C=O) groups is 1. The first kappa shape index (κ1) is 17.8. The zero-order valence-electron chi connectivity index (χ0n) is 16.1. The van der Waals surface area contributed by atoms with Crippen molar-refractivity contribution in [2.45, 2.75) is 51.7 Å². The molecule has 0 spiro atoms. The highest BCUT2D eigenvalue weighted by Crippen LogP contribution is 2.56. The molecule has 1 saturated heterocycles. The van der Waals surface area contributed by atoms with Gasteiger partial charge in [0.1, 0.15) is 6.10 Å². The fraction of sp³-hybridized carbons (Fsp3) is 0.609. The van der Waals surface area contributed by atoms with E-state index in [1.807, 2.05) is 6.07 Å². The molecule has 1 aliphatic heterocycles. The summed E-state index contributed by atoms with van der Waals surface area (Å²) in [6.07, 6.45) is 5.85. The van der Waals surface area contributed by atoms with Crippen molar-refractivity contribution in [1.82, 2.24) is 4.90 Å². The van der Waals surface area contributed by atoms with Gasteiger partial charge in [-0.2, -0.15) is 0 Å². The third kappa shape index (κ3) is 3.22. The van der Waals surface area contributed by atoms with Crippen LogP contribution in [0.2, 0.25) is 0 Å². The van der Waals surface area contributed by atoms with Crippen LogP contribution in [0.1, 0.15) is 44.6 Å². The third-order valence-electron chi connectivity index (χ3n) is 7.12. The molecule has 0 aromatic heterocycles. The molecule has 1 aromatic rings. The van der Waals surface area contributed by atoms with E-state index in [0.717, 1.165) is 32.4 Å². The van der Waals surface area contributed by atoms with Crippen LogP contribution in [0, 0.1) is 23.2 Å². The van der Waals surface area contributed by atoms with E-state index in [1.165, 1.54) is 24.0 Å². The summed E-state index contributed by atoms with van der Waals surface area (Å²) in [6, 6.07) is 10.5. The normalized spacial score (nSPS) is 36.6. The van der Waals surface area contributed by atoms with Crippen molar-refractivity contribution in [3.63, 3.8) is 0 Å². The largest absolute Gasteiger partial charge is 0.462 e. The van der Waals surface area contributed by atoms with Gasteiger partial charge in [0.2, 0.25) is 0 Å². The Hall–Kier alpha value is -1.61. The average molecular weight is 354 g/mol. The summed E-state index contributed by atoms with van der Waals surface area (Å²) in [5, 5.41) is 0. The molecule has 1 aromatic carbocycles. The van der Waals surface area contributed by atoms with Crippen molar-refractivity contribution in [1.29, 1.82) is 0 Å². The summed E-state index contributed by atoms with van der Waals surface area (Å²) < 4.78 is 5.88. The third-order valence-corrected chi connectivity index (χ3v) is 7.12. The van der Waals surface area contributed by atoms with Gasteiger partial charge in [-0.3, -0.25) is 4.79 Å². The zero-order chi connectivity index (χ0) is 18.3. The molecule has 1 heterocycles. The minimum Gasteiger partial charge on any atom is -0.462 e. The van der Waals surface area contributed by atoms with Crippen LogP contribution in [0.5, 0.6) is 0 Å². The fourth-order valence-corrected chi connectivity index (χ4v) is 5.76. The maximum Gasteiger partial charge on any atom is 0.310 e. The van der Waals surface area contributed by atoms with Crippen molar-refractivity contribution < 1.29 is 9.53 Å². The second-order valence-electron chi connectivity index (χ2n) is 9.09. The Bertz CT molecular complexity index is 685. The number of benzene rings is 1. The summed E-state index contributed by atoms with van der Waals surface area (Å²) >= 11 is 0. The highest BCUT2D eigenvalue weighted by atomic mass is 16.6. The van der Waals surface area contributed by atoms with Gasteiger partial charge in [0.05, 0.1) is 5.92 Å². The molecule has 3 aliphatic rings. The molecule has 0 radical (unpaired) electrons. The zero-order valence-corrected chi connectivity index (χ0v) is 16.1. The molecule has 3 nitrogen and oxygen atoms in total. The van der Waals surface area contributed by atoms with Crippen LogP contribution in [-0.4, -0.2) is 30.6 Å². The van der Waals surface area contributed by atoms with E-state index >= 15 is 0 Å². The van der Waals surface area contributed by atoms with Gasteiger partial charge >= 0.3 is 5.97 Å². The van der Waals surface area contributed by atoms with Gasteiger partial charge in [0.15, 0.2) is 0 Å². The van der Waals surface area contributed by atoms with E-state index in [4.69, 9.17) is 4.74 Å². The molecule has 26 heavy (non-hydrogen) atoms. The number of ether oxygens (including phenoxy) is 1. The van der Waals surface area contributed by atoms with Crippen molar-refractivity contribution >= 4 is 5.97 Å². The number of carbonyl (C=O) groups excluding carboxylic acids is 1. The molecule has 2 saturated carbocycles. The minimum absolute atomic E-state index is 0.00740. The molecule has 140 valence electrons. The van der Waals surface area contributed by atoms with E-state index < -0.39 is 0 Å². The summed E-state index contributed by atoms with van der Waals surface area (Å²) in [6.45, 7) is 8.43. The first-order valence-electron chi connectivity index (χ1n) is 10.1. The molecule has 4 rings (SSSR count). The van der Waals surface area contributed by atoms with Gasteiger partial charge in [0.25, 0.3) is 0 Å². The number of fused-ring (bicyclic) bond motifs is 2. The van der Waals surface area contributed by atoms with Crippen LogP contribution >= 0.6 is 0 Å². The highest BCUT2D eigenvalue weighted by Gasteiger charge is 2.55. The van der Waals surface area contributed by atoms with Crippen LogP contribution < -0.4 is 0 Å². The van der Waals surface area contributed by atoms with Crippen molar-refractivity contribution in [3.8, 4) is 0 Å². The number of nitrogens with zero attached hydrogens (tertiary/aromatic N) is 1. The topological polar surface area (TPSA) is 29.5 Å². The number of hydrogen-bond acceptors (Lipinski definition) is 3. The molecule has 0 bridgehead atoms. The van der Waals surface area contributed by atoms with Crippen molar-refractivity contribution in [3.05, 3.63) is 48.0 Å². The minimum atomic E-state index is 0.00740. The Balaban J connectivity index is 1.46. The van der Waals surface area contributed by atoms with E-state index in [0.29, 0.717) is 11.8 Å². The Morgan fingerprint density at radius 3 is 2.85 bits per heavy atom. The van der Waals surface area contributed by atoms with Gasteiger partial charge in [-0.25, -0.2) is 0 Å². The van der Waals surface area contributed by atoms with Crippen molar-refractivity contribution in [2.24, 2.45) is 23.2 Å². The van der Waals surface area contributed by atoms with Crippen LogP contribution in [-0.2, 0) is 16.1 Å². The van der Waals surface area contributed by atoms with Gasteiger partial charge in [-0.1, -0.05) is 49.4 Å². The lowest BCUT2D eigenvalue weighted by Gasteiger charge is -2.50. The molecule has 0 unspecified atom stereocenters. The maximum absolute atomic E-state index is 12.6. The number of hydrogen-bond donors (Lipinski definition) is 0. The monoisotopic (exact) mass is 353 g/mol. The number of allylic oxidation sites excluding steroid dienone is 1. The molecule has 3 heteroatoms. The first-order valence-corrected chi connectivity index (χ1v) is 10.1. The quantitative estimate of drug-likeness (QED) is 0.592. The fourth-order valence-electron chi connectivity index (χ4n) is 5.76. The summed E-state index contributed by atoms with van der Waals surface area (Å²) in [5.41, 5.74) is 2.98. The number of rotatable bonds is 4. The van der Waals surface area contributed by atoms with E-state index in [2.05, 4.69) is 49.7 Å². The van der Waals surface area contributed by atoms with Crippen LogP contribution in [0.4, 0.5) is 0 Å². The smallest absolute Gasteiger partial charge is 0.310 e. The Kier molecular flexibility index (Phi) is 4.68. The molecular weight excluding hydrogens is 322 g/mol. The highest BCUT2D eigenvalue weighted by molar-refractivity contribution is 5.75. The predicted octanol–water partition coefficient (Wildman–Crippen LogP) is 4.43. The molecule has 5 atom stereocenters. The lowest BCUT2D eigenvalue weighted by molar-refractivity contribution is -0.146. The Morgan fingerprint density at radius 2 is 2.08 bits per heavy atom. The molecule has 0 amide bonds. The maximum atomic E-state index is 12.6. The lowest BCUT2D eigenvalue weighted by atomic mass is 9.55. The van der Waals surface area contributed by atoms with Gasteiger partial charge < -0.3 is 9.64 Å². The first-order chi connectivity index (χ1) is 12.5. The summed E-state index contributed by atoms with van der Waals surface area (Å²) in [4.78, 5) is 14.9.